The van der Waals surface area contributed by atoms with Crippen LogP contribution in [0.1, 0.15) is 38.2 Å². The maximum Gasteiger partial charge on any atom is 0.241 e. The second kappa shape index (κ2) is 6.24. The molecule has 2 N–H and O–H groups in total. The lowest BCUT2D eigenvalue weighted by Gasteiger charge is -2.38. The van der Waals surface area contributed by atoms with Crippen molar-refractivity contribution in [2.75, 3.05) is 6.61 Å². The molecule has 1 saturated carbocycles. The zero-order valence-electron chi connectivity index (χ0n) is 12.4. The number of aliphatic hydroxyl groups is 1. The highest BCUT2D eigenvalue weighted by Crippen LogP contribution is 2.33. The molecule has 118 valence electrons. The van der Waals surface area contributed by atoms with E-state index in [1.54, 1.807) is 19.1 Å². The molecule has 4 nitrogen and oxygen atoms in total. The second-order valence-electron chi connectivity index (χ2n) is 6.14. The molecule has 21 heavy (non-hydrogen) atoms. The van der Waals surface area contributed by atoms with Crippen molar-refractivity contribution in [3.63, 3.8) is 0 Å². The van der Waals surface area contributed by atoms with Crippen LogP contribution < -0.4 is 4.72 Å². The van der Waals surface area contributed by atoms with Crippen LogP contribution in [0.25, 0.3) is 0 Å². The summed E-state index contributed by atoms with van der Waals surface area (Å²) >= 11 is 5.87. The van der Waals surface area contributed by atoms with Crippen molar-refractivity contribution in [3.05, 3.63) is 28.8 Å². The Morgan fingerprint density at radius 2 is 2.00 bits per heavy atom. The first-order valence-corrected chi connectivity index (χ1v) is 9.05. The van der Waals surface area contributed by atoms with E-state index in [0.29, 0.717) is 29.3 Å². The molecule has 0 saturated heterocycles. The van der Waals surface area contributed by atoms with Gasteiger partial charge in [0.2, 0.25) is 10.0 Å². The molecule has 0 radical (unpaired) electrons. The highest BCUT2D eigenvalue weighted by molar-refractivity contribution is 7.89. The Hall–Kier alpha value is -0.620. The molecule has 0 amide bonds. The molecular formula is C15H22ClNO3S. The van der Waals surface area contributed by atoms with Crippen LogP contribution in [0.3, 0.4) is 0 Å². The van der Waals surface area contributed by atoms with Crippen LogP contribution >= 0.6 is 11.6 Å². The van der Waals surface area contributed by atoms with Gasteiger partial charge in [-0.3, -0.25) is 0 Å². The number of hydrogen-bond acceptors (Lipinski definition) is 3. The Balaban J connectivity index is 2.27. The SMILES string of the molecule is Cc1cc(Cl)ccc1S(=O)(=O)NC1(CO)CCC(C)CC1. The van der Waals surface area contributed by atoms with Gasteiger partial charge in [-0.1, -0.05) is 18.5 Å². The molecule has 0 heterocycles. The summed E-state index contributed by atoms with van der Waals surface area (Å²) in [5.41, 5.74) is -0.135. The van der Waals surface area contributed by atoms with E-state index in [1.807, 2.05) is 0 Å². The number of hydrogen-bond donors (Lipinski definition) is 2. The molecular weight excluding hydrogens is 310 g/mol. The lowest BCUT2D eigenvalue weighted by atomic mass is 9.78. The number of benzene rings is 1. The fourth-order valence-corrected chi connectivity index (χ4v) is 4.77. The lowest BCUT2D eigenvalue weighted by molar-refractivity contribution is 0.125. The van der Waals surface area contributed by atoms with Crippen LogP contribution in [0.5, 0.6) is 0 Å². The predicted molar refractivity (Wildman–Crippen MR) is 84.0 cm³/mol. The number of aryl methyl sites for hydroxylation is 1. The normalized spacial score (nSPS) is 26.8. The average Bonchev–Trinajstić information content (AvgIpc) is 2.41. The van der Waals surface area contributed by atoms with Gasteiger partial charge in [-0.05, 0) is 62.3 Å². The summed E-state index contributed by atoms with van der Waals surface area (Å²) in [5.74, 6) is 0.575. The number of sulfonamides is 1. The van der Waals surface area contributed by atoms with Gasteiger partial charge in [0.15, 0.2) is 0 Å². The standard InChI is InChI=1S/C15H22ClNO3S/c1-11-5-7-15(10-18,8-6-11)17-21(19,20)14-4-3-13(16)9-12(14)2/h3-4,9,11,17-18H,5-8,10H2,1-2H3. The highest BCUT2D eigenvalue weighted by atomic mass is 35.5. The fraction of sp³-hybridized carbons (Fsp3) is 0.600. The first kappa shape index (κ1) is 16.7. The van der Waals surface area contributed by atoms with Gasteiger partial charge in [-0.15, -0.1) is 0 Å². The summed E-state index contributed by atoms with van der Waals surface area (Å²) in [6.07, 6.45) is 3.17. The topological polar surface area (TPSA) is 66.4 Å². The van der Waals surface area contributed by atoms with Gasteiger partial charge in [-0.2, -0.15) is 0 Å². The number of nitrogens with one attached hydrogen (secondary N) is 1. The maximum atomic E-state index is 12.6. The van der Waals surface area contributed by atoms with E-state index in [9.17, 15) is 13.5 Å². The summed E-state index contributed by atoms with van der Waals surface area (Å²) in [6, 6.07) is 4.71. The second-order valence-corrected chi connectivity index (χ2v) is 8.22. The molecule has 0 spiro atoms. The number of halogens is 1. The van der Waals surface area contributed by atoms with E-state index in [4.69, 9.17) is 11.6 Å². The van der Waals surface area contributed by atoms with Gasteiger partial charge in [-0.25, -0.2) is 13.1 Å². The summed E-state index contributed by atoms with van der Waals surface area (Å²) in [5, 5.41) is 10.2. The van der Waals surface area contributed by atoms with E-state index in [2.05, 4.69) is 11.6 Å². The van der Waals surface area contributed by atoms with Crippen molar-refractivity contribution in [3.8, 4) is 0 Å². The van der Waals surface area contributed by atoms with Crippen molar-refractivity contribution >= 4 is 21.6 Å². The molecule has 1 fully saturated rings. The molecule has 0 unspecified atom stereocenters. The largest absolute Gasteiger partial charge is 0.394 e. The van der Waals surface area contributed by atoms with E-state index >= 15 is 0 Å². The quantitative estimate of drug-likeness (QED) is 0.891. The third-order valence-corrected chi connectivity index (χ3v) is 6.29. The van der Waals surface area contributed by atoms with Crippen molar-refractivity contribution in [2.45, 2.75) is 50.0 Å². The minimum absolute atomic E-state index is 0.175. The van der Waals surface area contributed by atoms with Crippen LogP contribution in [0, 0.1) is 12.8 Å². The first-order chi connectivity index (χ1) is 9.78. The Morgan fingerprint density at radius 3 is 2.52 bits per heavy atom. The van der Waals surface area contributed by atoms with Gasteiger partial charge in [0, 0.05) is 5.02 Å². The van der Waals surface area contributed by atoms with Crippen LogP contribution in [-0.2, 0) is 10.0 Å². The highest BCUT2D eigenvalue weighted by Gasteiger charge is 2.37. The average molecular weight is 332 g/mol. The first-order valence-electron chi connectivity index (χ1n) is 7.19. The summed E-state index contributed by atoms with van der Waals surface area (Å²) in [7, 11) is -3.66. The maximum absolute atomic E-state index is 12.6. The lowest BCUT2D eigenvalue weighted by Crippen LogP contribution is -2.53. The minimum Gasteiger partial charge on any atom is -0.394 e. The minimum atomic E-state index is -3.66. The monoisotopic (exact) mass is 331 g/mol. The van der Waals surface area contributed by atoms with Gasteiger partial charge < -0.3 is 5.11 Å². The summed E-state index contributed by atoms with van der Waals surface area (Å²) in [6.45, 7) is 3.69. The third kappa shape index (κ3) is 3.77. The van der Waals surface area contributed by atoms with Crippen LogP contribution in [0.2, 0.25) is 5.02 Å². The van der Waals surface area contributed by atoms with Gasteiger partial charge in [0.05, 0.1) is 17.0 Å². The van der Waals surface area contributed by atoms with Gasteiger partial charge >= 0.3 is 0 Å². The summed E-state index contributed by atoms with van der Waals surface area (Å²) < 4.78 is 28.0. The zero-order valence-corrected chi connectivity index (χ0v) is 14.0. The van der Waals surface area contributed by atoms with Crippen LogP contribution in [0.15, 0.2) is 23.1 Å². The Bertz CT molecular complexity index is 607. The number of rotatable bonds is 4. The van der Waals surface area contributed by atoms with Crippen molar-refractivity contribution in [1.29, 1.82) is 0 Å². The molecule has 0 aromatic heterocycles. The molecule has 0 bridgehead atoms. The molecule has 1 aliphatic rings. The van der Waals surface area contributed by atoms with E-state index < -0.39 is 15.6 Å². The van der Waals surface area contributed by atoms with Crippen LogP contribution in [-0.4, -0.2) is 25.7 Å². The smallest absolute Gasteiger partial charge is 0.241 e. The molecule has 6 heteroatoms. The third-order valence-electron chi connectivity index (χ3n) is 4.31. The molecule has 0 atom stereocenters. The predicted octanol–water partition coefficient (Wildman–Crippen LogP) is 2.87. The van der Waals surface area contributed by atoms with Gasteiger partial charge in [0.25, 0.3) is 0 Å². The van der Waals surface area contributed by atoms with Crippen molar-refractivity contribution < 1.29 is 13.5 Å². The molecule has 1 aliphatic carbocycles. The van der Waals surface area contributed by atoms with E-state index in [1.165, 1.54) is 6.07 Å². The van der Waals surface area contributed by atoms with E-state index in [-0.39, 0.29) is 11.5 Å². The van der Waals surface area contributed by atoms with Gasteiger partial charge in [0.1, 0.15) is 0 Å². The van der Waals surface area contributed by atoms with Crippen molar-refractivity contribution in [1.82, 2.24) is 4.72 Å². The Morgan fingerprint density at radius 1 is 1.38 bits per heavy atom. The Kier molecular flexibility index (Phi) is 4.98. The molecule has 2 rings (SSSR count). The fourth-order valence-electron chi connectivity index (χ4n) is 2.86. The Labute approximate surface area is 131 Å². The molecule has 1 aromatic carbocycles. The molecule has 1 aromatic rings. The molecule has 0 aliphatic heterocycles. The van der Waals surface area contributed by atoms with Crippen molar-refractivity contribution in [2.24, 2.45) is 5.92 Å². The van der Waals surface area contributed by atoms with Crippen LogP contribution in [0.4, 0.5) is 0 Å². The summed E-state index contributed by atoms with van der Waals surface area (Å²) in [4.78, 5) is 0.221. The zero-order chi connectivity index (χ0) is 15.7. The van der Waals surface area contributed by atoms with E-state index in [0.717, 1.165) is 12.8 Å². The number of aliphatic hydroxyl groups excluding tert-OH is 1.